The van der Waals surface area contributed by atoms with E-state index in [0.29, 0.717) is 0 Å². The molecule has 1 saturated heterocycles. The van der Waals surface area contributed by atoms with Gasteiger partial charge in [-0.05, 0) is 6.92 Å². The largest absolute Gasteiger partial charge is 0.480 e. The van der Waals surface area contributed by atoms with Crippen molar-refractivity contribution >= 4 is 5.97 Å². The molecule has 0 radical (unpaired) electrons. The van der Waals surface area contributed by atoms with Crippen LogP contribution in [0.2, 0.25) is 0 Å². The summed E-state index contributed by atoms with van der Waals surface area (Å²) >= 11 is 0. The molecule has 0 aromatic heterocycles. The van der Waals surface area contributed by atoms with Crippen molar-refractivity contribution in [3.05, 3.63) is 0 Å². The van der Waals surface area contributed by atoms with Crippen molar-refractivity contribution in [1.82, 2.24) is 5.32 Å². The van der Waals surface area contributed by atoms with Gasteiger partial charge in [-0.2, -0.15) is 0 Å². The van der Waals surface area contributed by atoms with Crippen molar-refractivity contribution in [3.8, 4) is 0 Å². The number of carboxylic acids is 1. The lowest BCUT2D eigenvalue weighted by Crippen LogP contribution is -2.10. The fourth-order valence-corrected chi connectivity index (χ4v) is 0.118. The van der Waals surface area contributed by atoms with Crippen molar-refractivity contribution in [2.75, 3.05) is 13.1 Å². The maximum absolute atomic E-state index is 9.24. The first-order valence-corrected chi connectivity index (χ1v) is 2.82. The van der Waals surface area contributed by atoms with E-state index in [0.717, 1.165) is 6.04 Å². The monoisotopic (exact) mass is 132 g/mol. The van der Waals surface area contributed by atoms with Gasteiger partial charge in [0.15, 0.2) is 0 Å². The van der Waals surface area contributed by atoms with Crippen molar-refractivity contribution in [2.45, 2.75) is 13.0 Å². The van der Waals surface area contributed by atoms with Crippen molar-refractivity contribution in [2.24, 2.45) is 5.73 Å². The molecule has 0 saturated carbocycles. The van der Waals surface area contributed by atoms with Gasteiger partial charge in [-0.25, -0.2) is 0 Å². The van der Waals surface area contributed by atoms with Gasteiger partial charge < -0.3 is 16.2 Å². The van der Waals surface area contributed by atoms with Gasteiger partial charge in [0.05, 0.1) is 6.54 Å². The number of rotatable bonds is 1. The molecule has 0 bridgehead atoms. The molecule has 1 rings (SSSR count). The van der Waals surface area contributed by atoms with E-state index in [1.54, 1.807) is 0 Å². The average Bonchev–Trinajstić information content (AvgIpc) is 2.53. The highest BCUT2D eigenvalue weighted by Crippen LogP contribution is 1.88. The van der Waals surface area contributed by atoms with Crippen LogP contribution in [0, 0.1) is 0 Å². The van der Waals surface area contributed by atoms with Crippen LogP contribution in [0.5, 0.6) is 0 Å². The summed E-state index contributed by atoms with van der Waals surface area (Å²) in [6.07, 6.45) is 0. The summed E-state index contributed by atoms with van der Waals surface area (Å²) < 4.78 is 0. The van der Waals surface area contributed by atoms with Crippen LogP contribution in [0.1, 0.15) is 6.92 Å². The molecule has 0 aromatic carbocycles. The van der Waals surface area contributed by atoms with E-state index in [1.807, 2.05) is 0 Å². The van der Waals surface area contributed by atoms with Crippen molar-refractivity contribution < 1.29 is 9.90 Å². The molecule has 9 heavy (non-hydrogen) atoms. The molecule has 0 amide bonds. The van der Waals surface area contributed by atoms with Gasteiger partial charge >= 0.3 is 5.97 Å². The highest BCUT2D eigenvalue weighted by Gasteiger charge is 2.10. The number of nitrogens with one attached hydrogen (secondary N) is 1. The van der Waals surface area contributed by atoms with Crippen LogP contribution in [-0.4, -0.2) is 30.2 Å². The molecule has 1 heterocycles. The molecule has 54 valence electrons. The Morgan fingerprint density at radius 2 is 2.22 bits per heavy atom. The average molecular weight is 132 g/mol. The Balaban J connectivity index is 0.000000144. The van der Waals surface area contributed by atoms with E-state index in [1.165, 1.54) is 6.54 Å². The van der Waals surface area contributed by atoms with Gasteiger partial charge in [-0.3, -0.25) is 4.79 Å². The van der Waals surface area contributed by atoms with Crippen LogP contribution < -0.4 is 11.1 Å². The van der Waals surface area contributed by atoms with Gasteiger partial charge in [0.1, 0.15) is 0 Å². The summed E-state index contributed by atoms with van der Waals surface area (Å²) in [5.74, 6) is -0.968. The molecular formula is C5H12N2O2. The summed E-state index contributed by atoms with van der Waals surface area (Å²) in [6.45, 7) is 3.12. The summed E-state index contributed by atoms with van der Waals surface area (Å²) in [5, 5.41) is 10.7. The zero-order valence-corrected chi connectivity index (χ0v) is 5.42. The molecule has 1 aliphatic heterocycles. The summed E-state index contributed by atoms with van der Waals surface area (Å²) in [6, 6.07) is 0.833. The molecule has 1 unspecified atom stereocenters. The second kappa shape index (κ2) is 4.29. The van der Waals surface area contributed by atoms with Crippen molar-refractivity contribution in [1.29, 1.82) is 0 Å². The van der Waals surface area contributed by atoms with Gasteiger partial charge in [0, 0.05) is 12.6 Å². The van der Waals surface area contributed by atoms with E-state index in [2.05, 4.69) is 18.0 Å². The Labute approximate surface area is 54.0 Å². The first-order chi connectivity index (χ1) is 4.16. The molecule has 1 fully saturated rings. The number of aliphatic carboxylic acids is 1. The highest BCUT2D eigenvalue weighted by atomic mass is 16.4. The Hall–Kier alpha value is -0.610. The third-order valence-electron chi connectivity index (χ3n) is 0.787. The maximum atomic E-state index is 9.24. The zero-order chi connectivity index (χ0) is 7.28. The highest BCUT2D eigenvalue weighted by molar-refractivity contribution is 5.68. The number of nitrogens with two attached hydrogens (primary N) is 1. The number of hydrogen-bond donors (Lipinski definition) is 3. The van der Waals surface area contributed by atoms with Gasteiger partial charge in [0.25, 0.3) is 0 Å². The van der Waals surface area contributed by atoms with Crippen LogP contribution >= 0.6 is 0 Å². The number of hydrogen-bond acceptors (Lipinski definition) is 3. The second-order valence-electron chi connectivity index (χ2n) is 1.91. The zero-order valence-electron chi connectivity index (χ0n) is 5.42. The topological polar surface area (TPSA) is 85.3 Å². The molecule has 0 aliphatic carbocycles. The Kier molecular flexibility index (Phi) is 4.00. The number of carboxylic acid groups (broad SMARTS) is 1. The molecule has 4 heteroatoms. The summed E-state index contributed by atoms with van der Waals surface area (Å²) in [5.41, 5.74) is 4.57. The normalized spacial score (nSPS) is 21.8. The summed E-state index contributed by atoms with van der Waals surface area (Å²) in [4.78, 5) is 9.24. The standard InChI is InChI=1S/C3H7N.C2H5NO2/c1-3-2-4-3;3-1-2(4)5/h3-4H,2H2,1H3;1,3H2,(H,4,5). The molecule has 1 atom stereocenters. The van der Waals surface area contributed by atoms with E-state index in [9.17, 15) is 4.79 Å². The van der Waals surface area contributed by atoms with Gasteiger partial charge in [0.2, 0.25) is 0 Å². The molecule has 0 spiro atoms. The van der Waals surface area contributed by atoms with Crippen LogP contribution in [0.25, 0.3) is 0 Å². The first kappa shape index (κ1) is 8.39. The predicted molar refractivity (Wildman–Crippen MR) is 34.2 cm³/mol. The number of carbonyl (C=O) groups is 1. The molecular weight excluding hydrogens is 120 g/mol. The van der Waals surface area contributed by atoms with E-state index in [4.69, 9.17) is 5.11 Å². The molecule has 4 N–H and O–H groups in total. The van der Waals surface area contributed by atoms with Crippen molar-refractivity contribution in [3.63, 3.8) is 0 Å². The fraction of sp³-hybridized carbons (Fsp3) is 0.800. The van der Waals surface area contributed by atoms with Crippen LogP contribution in [-0.2, 0) is 4.79 Å². The Morgan fingerprint density at radius 3 is 2.22 bits per heavy atom. The minimum atomic E-state index is -0.968. The second-order valence-corrected chi connectivity index (χ2v) is 1.91. The molecule has 1 aliphatic rings. The predicted octanol–water partition coefficient (Wildman–Crippen LogP) is -0.992. The van der Waals surface area contributed by atoms with Crippen LogP contribution in [0.3, 0.4) is 0 Å². The first-order valence-electron chi connectivity index (χ1n) is 2.82. The Morgan fingerprint density at radius 1 is 2.00 bits per heavy atom. The lowest BCUT2D eigenvalue weighted by molar-refractivity contribution is -0.135. The van der Waals surface area contributed by atoms with E-state index in [-0.39, 0.29) is 6.54 Å². The minimum Gasteiger partial charge on any atom is -0.480 e. The van der Waals surface area contributed by atoms with Gasteiger partial charge in [-0.1, -0.05) is 0 Å². The van der Waals surface area contributed by atoms with E-state index >= 15 is 0 Å². The third kappa shape index (κ3) is 11.1. The minimum absolute atomic E-state index is 0.278. The van der Waals surface area contributed by atoms with Crippen LogP contribution in [0.4, 0.5) is 0 Å². The van der Waals surface area contributed by atoms with Gasteiger partial charge in [-0.15, -0.1) is 0 Å². The maximum Gasteiger partial charge on any atom is 0.317 e. The fourth-order valence-electron chi connectivity index (χ4n) is 0.118. The Bertz CT molecular complexity index is 91.0. The molecule has 0 aromatic rings. The quantitative estimate of drug-likeness (QED) is 0.400. The molecule has 4 nitrogen and oxygen atoms in total. The lowest BCUT2D eigenvalue weighted by atomic mass is 10.6. The smallest absolute Gasteiger partial charge is 0.317 e. The van der Waals surface area contributed by atoms with Crippen LogP contribution in [0.15, 0.2) is 0 Å². The lowest BCUT2D eigenvalue weighted by Gasteiger charge is -1.73. The summed E-state index contributed by atoms with van der Waals surface area (Å²) in [7, 11) is 0. The SMILES string of the molecule is CC1CN1.NCC(=O)O. The third-order valence-corrected chi connectivity index (χ3v) is 0.787. The van der Waals surface area contributed by atoms with E-state index < -0.39 is 5.97 Å².